The van der Waals surface area contributed by atoms with E-state index < -0.39 is 0 Å². The number of ether oxygens (including phenoxy) is 1. The summed E-state index contributed by atoms with van der Waals surface area (Å²) in [6.45, 7) is 7.42. The molecule has 0 atom stereocenters. The van der Waals surface area contributed by atoms with Crippen molar-refractivity contribution >= 4 is 44.4 Å². The van der Waals surface area contributed by atoms with Gasteiger partial charge in [0.05, 0.1) is 23.4 Å². The van der Waals surface area contributed by atoms with Crippen LogP contribution >= 0.6 is 23.1 Å². The van der Waals surface area contributed by atoms with Gasteiger partial charge in [-0.1, -0.05) is 48.6 Å². The fourth-order valence-electron chi connectivity index (χ4n) is 4.06. The Kier molecular flexibility index (Phi) is 9.17. The summed E-state index contributed by atoms with van der Waals surface area (Å²) in [4.78, 5) is 23.9. The van der Waals surface area contributed by atoms with Crippen molar-refractivity contribution in [1.82, 2.24) is 9.88 Å². The Labute approximate surface area is 205 Å². The highest BCUT2D eigenvalue weighted by atomic mass is 32.2. The molecule has 4 rings (SSSR count). The van der Waals surface area contributed by atoms with Crippen LogP contribution in [0.4, 0.5) is 5.13 Å². The van der Waals surface area contributed by atoms with E-state index in [4.69, 9.17) is 9.72 Å². The fourth-order valence-corrected chi connectivity index (χ4v) is 5.99. The first kappa shape index (κ1) is 24.2. The van der Waals surface area contributed by atoms with E-state index in [0.717, 1.165) is 73.2 Å². The Morgan fingerprint density at radius 3 is 2.73 bits per heavy atom. The van der Waals surface area contributed by atoms with Gasteiger partial charge in [-0.2, -0.15) is 0 Å². The number of aryl methyl sites for hydroxylation is 1. The summed E-state index contributed by atoms with van der Waals surface area (Å²) in [5.41, 5.74) is 2.29. The number of benzene rings is 2. The average molecular weight is 484 g/mol. The Balaban J connectivity index is 1.40. The van der Waals surface area contributed by atoms with Crippen LogP contribution in [0.15, 0.2) is 53.4 Å². The third-order valence-electron chi connectivity index (χ3n) is 5.91. The molecule has 1 fully saturated rings. The molecule has 2 heterocycles. The lowest BCUT2D eigenvalue weighted by atomic mass is 10.1. The van der Waals surface area contributed by atoms with Crippen LogP contribution in [0.3, 0.4) is 0 Å². The molecule has 0 aliphatic carbocycles. The van der Waals surface area contributed by atoms with Gasteiger partial charge in [0.1, 0.15) is 0 Å². The number of hydrogen-bond acceptors (Lipinski definition) is 6. The molecule has 1 aliphatic heterocycles. The lowest BCUT2D eigenvalue weighted by Gasteiger charge is -2.27. The molecule has 1 aromatic heterocycles. The maximum absolute atomic E-state index is 13.3. The highest BCUT2D eigenvalue weighted by Crippen LogP contribution is 2.32. The van der Waals surface area contributed by atoms with Gasteiger partial charge < -0.3 is 4.74 Å². The van der Waals surface area contributed by atoms with Gasteiger partial charge in [0.25, 0.3) is 0 Å². The molecule has 0 N–H and O–H groups in total. The number of nitrogens with zero attached hydrogens (tertiary/aromatic N) is 3. The molecule has 1 aliphatic rings. The van der Waals surface area contributed by atoms with E-state index in [1.165, 1.54) is 10.5 Å². The van der Waals surface area contributed by atoms with Gasteiger partial charge >= 0.3 is 0 Å². The number of morpholine rings is 1. The normalized spacial score (nSPS) is 14.6. The first-order chi connectivity index (χ1) is 16.2. The van der Waals surface area contributed by atoms with E-state index in [-0.39, 0.29) is 5.91 Å². The molecule has 7 heteroatoms. The molecule has 0 unspecified atom stereocenters. The van der Waals surface area contributed by atoms with E-state index in [2.05, 4.69) is 54.3 Å². The maximum Gasteiger partial charge on any atom is 0.228 e. The van der Waals surface area contributed by atoms with E-state index >= 15 is 0 Å². The second kappa shape index (κ2) is 12.5. The summed E-state index contributed by atoms with van der Waals surface area (Å²) < 4.78 is 6.62. The van der Waals surface area contributed by atoms with Crippen molar-refractivity contribution in [1.29, 1.82) is 0 Å². The summed E-state index contributed by atoms with van der Waals surface area (Å²) >= 11 is 3.45. The Hall–Kier alpha value is -1.93. The summed E-state index contributed by atoms with van der Waals surface area (Å²) in [6.07, 6.45) is 3.31. The second-order valence-electron chi connectivity index (χ2n) is 8.23. The zero-order chi connectivity index (χ0) is 22.9. The van der Waals surface area contributed by atoms with Crippen LogP contribution < -0.4 is 4.90 Å². The largest absolute Gasteiger partial charge is 0.379 e. The van der Waals surface area contributed by atoms with Crippen LogP contribution in [0, 0.1) is 0 Å². The molecule has 0 radical (unpaired) electrons. The SMILES string of the molecule is CCc1cccc2sc(N(CCCN3CCOCC3)C(=O)CCCSc3ccccc3)nc12. The van der Waals surface area contributed by atoms with Crippen LogP contribution in [0.25, 0.3) is 10.2 Å². The quantitative estimate of drug-likeness (QED) is 0.267. The molecular weight excluding hydrogens is 450 g/mol. The molecule has 2 aromatic carbocycles. The van der Waals surface area contributed by atoms with Crippen molar-refractivity contribution in [2.24, 2.45) is 0 Å². The van der Waals surface area contributed by atoms with Crippen molar-refractivity contribution in [2.75, 3.05) is 50.0 Å². The highest BCUT2D eigenvalue weighted by molar-refractivity contribution is 7.99. The highest BCUT2D eigenvalue weighted by Gasteiger charge is 2.21. The van der Waals surface area contributed by atoms with Crippen LogP contribution in [0.1, 0.15) is 31.7 Å². The van der Waals surface area contributed by atoms with Crippen molar-refractivity contribution in [3.8, 4) is 0 Å². The molecule has 176 valence electrons. The van der Waals surface area contributed by atoms with Gasteiger partial charge in [-0.15, -0.1) is 11.8 Å². The number of thioether (sulfide) groups is 1. The van der Waals surface area contributed by atoms with Gasteiger partial charge in [0.2, 0.25) is 5.91 Å². The molecule has 0 saturated carbocycles. The van der Waals surface area contributed by atoms with E-state index in [1.54, 1.807) is 11.3 Å². The number of thiazole rings is 1. The lowest BCUT2D eigenvalue weighted by molar-refractivity contribution is -0.118. The van der Waals surface area contributed by atoms with Crippen LogP contribution in [0.2, 0.25) is 0 Å². The third-order valence-corrected chi connectivity index (χ3v) is 8.05. The van der Waals surface area contributed by atoms with Gasteiger partial charge in [0.15, 0.2) is 5.13 Å². The first-order valence-electron chi connectivity index (χ1n) is 11.9. The first-order valence-corrected chi connectivity index (χ1v) is 13.7. The zero-order valence-electron chi connectivity index (χ0n) is 19.4. The van der Waals surface area contributed by atoms with Crippen molar-refractivity contribution in [2.45, 2.75) is 37.5 Å². The van der Waals surface area contributed by atoms with Crippen LogP contribution in [-0.4, -0.2) is 60.9 Å². The van der Waals surface area contributed by atoms with E-state index in [0.29, 0.717) is 13.0 Å². The average Bonchev–Trinajstić information content (AvgIpc) is 3.29. The topological polar surface area (TPSA) is 45.7 Å². The number of carbonyl (C=O) groups excluding carboxylic acids is 1. The number of para-hydroxylation sites is 1. The Bertz CT molecular complexity index is 1020. The molecule has 0 bridgehead atoms. The minimum Gasteiger partial charge on any atom is -0.379 e. The summed E-state index contributed by atoms with van der Waals surface area (Å²) in [5, 5.41) is 0.841. The van der Waals surface area contributed by atoms with Crippen molar-refractivity contribution in [3.05, 3.63) is 54.1 Å². The monoisotopic (exact) mass is 483 g/mol. The van der Waals surface area contributed by atoms with Crippen LogP contribution in [-0.2, 0) is 16.0 Å². The summed E-state index contributed by atoms with van der Waals surface area (Å²) in [7, 11) is 0. The minimum absolute atomic E-state index is 0.183. The number of rotatable bonds is 11. The smallest absolute Gasteiger partial charge is 0.228 e. The third kappa shape index (κ3) is 6.79. The van der Waals surface area contributed by atoms with Gasteiger partial charge in [-0.25, -0.2) is 4.98 Å². The van der Waals surface area contributed by atoms with Gasteiger partial charge in [-0.05, 0) is 48.8 Å². The maximum atomic E-state index is 13.3. The van der Waals surface area contributed by atoms with Crippen LogP contribution in [0.5, 0.6) is 0 Å². The zero-order valence-corrected chi connectivity index (χ0v) is 21.0. The second-order valence-corrected chi connectivity index (χ2v) is 10.4. The van der Waals surface area contributed by atoms with Gasteiger partial charge in [-0.3, -0.25) is 14.6 Å². The molecule has 1 amide bonds. The standard InChI is InChI=1S/C26H33N3O2S2/c1-2-21-9-6-12-23-25(21)27-26(33-23)29(15-8-14-28-16-18-31-19-17-28)24(30)13-7-20-32-22-10-4-3-5-11-22/h3-6,9-12H,2,7-8,13-20H2,1H3. The summed E-state index contributed by atoms with van der Waals surface area (Å²) in [5.74, 6) is 1.12. The molecule has 5 nitrogen and oxygen atoms in total. The lowest BCUT2D eigenvalue weighted by Crippen LogP contribution is -2.39. The number of amides is 1. The molecule has 3 aromatic rings. The fraction of sp³-hybridized carbons (Fsp3) is 0.462. The van der Waals surface area contributed by atoms with Crippen molar-refractivity contribution in [3.63, 3.8) is 0 Å². The molecule has 0 spiro atoms. The van der Waals surface area contributed by atoms with Crippen molar-refractivity contribution < 1.29 is 9.53 Å². The minimum atomic E-state index is 0.183. The molecular formula is C26H33N3O2S2. The number of hydrogen-bond donors (Lipinski definition) is 0. The summed E-state index contributed by atoms with van der Waals surface area (Å²) in [6, 6.07) is 16.7. The predicted molar refractivity (Wildman–Crippen MR) is 140 cm³/mol. The van der Waals surface area contributed by atoms with Gasteiger partial charge in [0, 0.05) is 37.5 Å². The molecule has 33 heavy (non-hydrogen) atoms. The Morgan fingerprint density at radius 1 is 1.12 bits per heavy atom. The number of carbonyl (C=O) groups is 1. The number of anilines is 1. The Morgan fingerprint density at radius 2 is 1.94 bits per heavy atom. The number of aromatic nitrogens is 1. The molecule has 1 saturated heterocycles. The van der Waals surface area contributed by atoms with E-state index in [9.17, 15) is 4.79 Å². The van der Waals surface area contributed by atoms with E-state index in [1.807, 2.05) is 22.7 Å². The number of fused-ring (bicyclic) bond motifs is 1. The predicted octanol–water partition coefficient (Wildman–Crippen LogP) is 5.49.